The van der Waals surface area contributed by atoms with E-state index in [1.165, 1.54) is 0 Å². The van der Waals surface area contributed by atoms with E-state index in [1.54, 1.807) is 0 Å². The number of carbonyl (C=O) groups is 2. The maximum atomic E-state index is 13.2. The van der Waals surface area contributed by atoms with Gasteiger partial charge in [-0.1, -0.05) is 43.2 Å². The number of nitrogens with zero attached hydrogens (tertiary/aromatic N) is 1. The molecule has 0 unspecified atom stereocenters. The van der Waals surface area contributed by atoms with E-state index < -0.39 is 5.54 Å². The van der Waals surface area contributed by atoms with Gasteiger partial charge in [-0.3, -0.25) is 4.79 Å². The lowest BCUT2D eigenvalue weighted by molar-refractivity contribution is -0.139. The Labute approximate surface area is 155 Å². The molecule has 1 saturated carbocycles. The highest BCUT2D eigenvalue weighted by Crippen LogP contribution is 2.32. The largest absolute Gasteiger partial charge is 0.341 e. The molecule has 6 heteroatoms. The van der Waals surface area contributed by atoms with Crippen LogP contribution in [0.4, 0.5) is 4.79 Å². The SMILES string of the molecule is NCC1CCN(C(=O)C2(NC(=O)NCc3ccccc3)CCCC2)CC1. The van der Waals surface area contributed by atoms with Gasteiger partial charge in [0, 0.05) is 19.6 Å². The standard InChI is InChI=1S/C20H30N4O2/c21-14-16-8-12-24(13-9-16)18(25)20(10-4-5-11-20)23-19(26)22-15-17-6-2-1-3-7-17/h1-3,6-7,16H,4-5,8-15,21H2,(H2,22,23,26). The first-order valence-electron chi connectivity index (χ1n) is 9.72. The Balaban J connectivity index is 1.58. The van der Waals surface area contributed by atoms with Gasteiger partial charge in [0.25, 0.3) is 0 Å². The molecule has 3 amide bonds. The van der Waals surface area contributed by atoms with Crippen LogP contribution >= 0.6 is 0 Å². The average Bonchev–Trinajstić information content (AvgIpc) is 3.16. The molecule has 0 spiro atoms. The molecular weight excluding hydrogens is 328 g/mol. The van der Waals surface area contributed by atoms with Crippen LogP contribution in [0.2, 0.25) is 0 Å². The summed E-state index contributed by atoms with van der Waals surface area (Å²) in [7, 11) is 0. The summed E-state index contributed by atoms with van der Waals surface area (Å²) in [4.78, 5) is 27.6. The molecule has 6 nitrogen and oxygen atoms in total. The third-order valence-corrected chi connectivity index (χ3v) is 5.75. The van der Waals surface area contributed by atoms with E-state index in [2.05, 4.69) is 10.6 Å². The minimum absolute atomic E-state index is 0.0836. The second-order valence-electron chi connectivity index (χ2n) is 7.55. The van der Waals surface area contributed by atoms with Crippen LogP contribution < -0.4 is 16.4 Å². The smallest absolute Gasteiger partial charge is 0.315 e. The number of nitrogens with two attached hydrogens (primary N) is 1. The maximum absolute atomic E-state index is 13.2. The number of nitrogens with one attached hydrogen (secondary N) is 2. The maximum Gasteiger partial charge on any atom is 0.315 e. The summed E-state index contributed by atoms with van der Waals surface area (Å²) in [6.07, 6.45) is 5.31. The Morgan fingerprint density at radius 2 is 1.77 bits per heavy atom. The molecule has 0 atom stereocenters. The number of piperidine rings is 1. The van der Waals surface area contributed by atoms with E-state index in [0.29, 0.717) is 19.0 Å². The molecule has 1 aromatic rings. The van der Waals surface area contributed by atoms with E-state index in [9.17, 15) is 9.59 Å². The minimum Gasteiger partial charge on any atom is -0.341 e. The Bertz CT molecular complexity index is 605. The molecule has 1 aromatic carbocycles. The Kier molecular flexibility index (Phi) is 6.14. The van der Waals surface area contributed by atoms with Crippen molar-refractivity contribution in [1.29, 1.82) is 0 Å². The highest BCUT2D eigenvalue weighted by molar-refractivity contribution is 5.91. The highest BCUT2D eigenvalue weighted by Gasteiger charge is 2.45. The van der Waals surface area contributed by atoms with Crippen molar-refractivity contribution >= 4 is 11.9 Å². The van der Waals surface area contributed by atoms with Gasteiger partial charge in [-0.25, -0.2) is 4.79 Å². The first-order valence-corrected chi connectivity index (χ1v) is 9.72. The van der Waals surface area contributed by atoms with Crippen LogP contribution in [0.3, 0.4) is 0 Å². The summed E-state index contributed by atoms with van der Waals surface area (Å²) in [6.45, 7) is 2.64. The molecule has 1 heterocycles. The molecule has 2 aliphatic rings. The summed E-state index contributed by atoms with van der Waals surface area (Å²) < 4.78 is 0. The molecule has 1 aliphatic heterocycles. The van der Waals surface area contributed by atoms with Crippen LogP contribution in [0.15, 0.2) is 30.3 Å². The summed E-state index contributed by atoms with van der Waals surface area (Å²) in [6, 6.07) is 9.52. The molecule has 26 heavy (non-hydrogen) atoms. The van der Waals surface area contributed by atoms with Gasteiger partial charge < -0.3 is 21.3 Å². The lowest BCUT2D eigenvalue weighted by Gasteiger charge is -2.38. The Hall–Kier alpha value is -2.08. The molecule has 0 aromatic heterocycles. The van der Waals surface area contributed by atoms with Crippen LogP contribution in [-0.2, 0) is 11.3 Å². The fourth-order valence-electron chi connectivity index (χ4n) is 4.09. The van der Waals surface area contributed by atoms with Gasteiger partial charge in [0.15, 0.2) is 0 Å². The topological polar surface area (TPSA) is 87.5 Å². The second-order valence-corrected chi connectivity index (χ2v) is 7.55. The number of hydrogen-bond donors (Lipinski definition) is 3. The number of rotatable bonds is 5. The molecule has 3 rings (SSSR count). The van der Waals surface area contributed by atoms with Crippen molar-refractivity contribution in [3.8, 4) is 0 Å². The number of hydrogen-bond acceptors (Lipinski definition) is 3. The van der Waals surface area contributed by atoms with Crippen LogP contribution in [0.1, 0.15) is 44.1 Å². The predicted molar refractivity (Wildman–Crippen MR) is 101 cm³/mol. The first-order chi connectivity index (χ1) is 12.6. The van der Waals surface area contributed by atoms with E-state index in [1.807, 2.05) is 35.2 Å². The summed E-state index contributed by atoms with van der Waals surface area (Å²) >= 11 is 0. The minimum atomic E-state index is -0.740. The van der Waals surface area contributed by atoms with Gasteiger partial charge in [0.05, 0.1) is 0 Å². The average molecular weight is 358 g/mol. The van der Waals surface area contributed by atoms with Crippen molar-refractivity contribution < 1.29 is 9.59 Å². The van der Waals surface area contributed by atoms with Crippen LogP contribution in [-0.4, -0.2) is 42.0 Å². The molecule has 4 N–H and O–H groups in total. The van der Waals surface area contributed by atoms with Crippen LogP contribution in [0, 0.1) is 5.92 Å². The highest BCUT2D eigenvalue weighted by atomic mass is 16.2. The van der Waals surface area contributed by atoms with E-state index in [4.69, 9.17) is 5.73 Å². The first kappa shape index (κ1) is 18.7. The number of amides is 3. The third-order valence-electron chi connectivity index (χ3n) is 5.75. The number of likely N-dealkylation sites (tertiary alicyclic amines) is 1. The second kappa shape index (κ2) is 8.54. The molecule has 2 fully saturated rings. The number of urea groups is 1. The van der Waals surface area contributed by atoms with Crippen molar-refractivity contribution in [2.45, 2.75) is 50.6 Å². The monoisotopic (exact) mass is 358 g/mol. The van der Waals surface area contributed by atoms with Gasteiger partial charge >= 0.3 is 6.03 Å². The van der Waals surface area contributed by atoms with Crippen molar-refractivity contribution in [2.75, 3.05) is 19.6 Å². The van der Waals surface area contributed by atoms with Gasteiger partial charge in [-0.2, -0.15) is 0 Å². The molecule has 1 aliphatic carbocycles. The summed E-state index contributed by atoms with van der Waals surface area (Å²) in [5.74, 6) is 0.598. The number of benzene rings is 1. The lowest BCUT2D eigenvalue weighted by Crippen LogP contribution is -2.61. The summed E-state index contributed by atoms with van der Waals surface area (Å²) in [5, 5.41) is 5.91. The zero-order valence-electron chi connectivity index (χ0n) is 15.4. The molecule has 0 radical (unpaired) electrons. The zero-order valence-corrected chi connectivity index (χ0v) is 15.4. The third kappa shape index (κ3) is 4.36. The molecular formula is C20H30N4O2. The van der Waals surface area contributed by atoms with Gasteiger partial charge in [0.2, 0.25) is 5.91 Å². The summed E-state index contributed by atoms with van der Waals surface area (Å²) in [5.41, 5.74) is 6.05. The van der Waals surface area contributed by atoms with Crippen molar-refractivity contribution in [1.82, 2.24) is 15.5 Å². The fourth-order valence-corrected chi connectivity index (χ4v) is 4.09. The Morgan fingerprint density at radius 1 is 1.12 bits per heavy atom. The number of carbonyl (C=O) groups excluding carboxylic acids is 2. The van der Waals surface area contributed by atoms with Crippen LogP contribution in [0.25, 0.3) is 0 Å². The lowest BCUT2D eigenvalue weighted by atomic mass is 9.91. The molecule has 0 bridgehead atoms. The fraction of sp³-hybridized carbons (Fsp3) is 0.600. The van der Waals surface area contributed by atoms with Gasteiger partial charge in [-0.15, -0.1) is 0 Å². The van der Waals surface area contributed by atoms with Gasteiger partial charge in [0.1, 0.15) is 5.54 Å². The quantitative estimate of drug-likeness (QED) is 0.752. The van der Waals surface area contributed by atoms with E-state index in [0.717, 1.165) is 57.2 Å². The van der Waals surface area contributed by atoms with Crippen molar-refractivity contribution in [3.63, 3.8) is 0 Å². The van der Waals surface area contributed by atoms with Crippen molar-refractivity contribution in [2.24, 2.45) is 11.7 Å². The van der Waals surface area contributed by atoms with E-state index in [-0.39, 0.29) is 11.9 Å². The normalized spacial score (nSPS) is 20.0. The van der Waals surface area contributed by atoms with Crippen LogP contribution in [0.5, 0.6) is 0 Å². The Morgan fingerprint density at radius 3 is 2.38 bits per heavy atom. The predicted octanol–water partition coefficient (Wildman–Crippen LogP) is 2.00. The molecule has 1 saturated heterocycles. The zero-order chi connectivity index (χ0) is 18.4. The van der Waals surface area contributed by atoms with Gasteiger partial charge in [-0.05, 0) is 43.7 Å². The van der Waals surface area contributed by atoms with E-state index >= 15 is 0 Å². The van der Waals surface area contributed by atoms with Crippen molar-refractivity contribution in [3.05, 3.63) is 35.9 Å². The molecule has 142 valence electrons.